The van der Waals surface area contributed by atoms with E-state index in [0.717, 1.165) is 33.9 Å². The number of pyridine rings is 2. The number of benzene rings is 2. The van der Waals surface area contributed by atoms with Gasteiger partial charge in [0.2, 0.25) is 0 Å². The second kappa shape index (κ2) is 14.3. The number of nitrogens with zero attached hydrogens (tertiary/aromatic N) is 2. The highest BCUT2D eigenvalue weighted by atomic mass is 16.6. The molecule has 0 fully saturated rings. The number of aromatic nitrogens is 2. The summed E-state index contributed by atoms with van der Waals surface area (Å²) in [4.78, 5) is 36.6. The smallest absolute Gasteiger partial charge is 0.336 e. The van der Waals surface area contributed by atoms with Crippen LogP contribution in [0.4, 0.5) is 11.6 Å². The first-order valence-electron chi connectivity index (χ1n) is 18.8. The van der Waals surface area contributed by atoms with E-state index in [9.17, 15) is 30.0 Å². The standard InChI is InChI=1S/C43H44N4O9/c1-3-22(19-48)42(53)55-33-17-31-38(52)37-32(51)16-28(20-49)54-40(37)36-30-15-25-14-27(50)8-7-23(25)5-6-24(35-29(30)10-11-46-41(35)45)13-26(43(33,2)56-39(31)36)12-21-4-9-34(44)47-18-21/h3-4,7-11,14,16,18,24,26,30,33,48-50,52H,5-6,12-13,15,17,19-20H2,1-2H3,(H2,44,47)(H2,45,46)/b22-3-/t24-,26-,30-,33+,43-/m0/s1. The first-order chi connectivity index (χ1) is 26.9. The van der Waals surface area contributed by atoms with Crippen LogP contribution in [0.1, 0.15) is 83.2 Å². The molecule has 5 heterocycles. The van der Waals surface area contributed by atoms with E-state index in [4.69, 9.17) is 25.4 Å². The Kier molecular flexibility index (Phi) is 9.45. The maximum absolute atomic E-state index is 13.9. The molecule has 2 aromatic carbocycles. The SMILES string of the molecule is C/C=C(/CO)C(=O)O[C@@H]1Cc2c3c(c4oc(CO)cc(=O)c4c2O)[C@H]2Cc4cc(O)ccc4CC[C@@H](C[C@H](Cc4ccc(N)nc4)[C@]1(C)O3)c1c2ccnc1N. The molecule has 5 atom stereocenters. The molecular weight excluding hydrogens is 716 g/mol. The molecule has 56 heavy (non-hydrogen) atoms. The summed E-state index contributed by atoms with van der Waals surface area (Å²) in [6, 6.07) is 12.0. The van der Waals surface area contributed by atoms with Crippen LogP contribution in [0.15, 0.2) is 75.7 Å². The fourth-order valence-corrected chi connectivity index (χ4v) is 9.14. The number of aryl methyl sites for hydroxylation is 1. The lowest BCUT2D eigenvalue weighted by atomic mass is 9.68. The molecule has 3 aromatic heterocycles. The number of fused-ring (bicyclic) bond motifs is 5. The van der Waals surface area contributed by atoms with E-state index in [-0.39, 0.29) is 51.7 Å². The summed E-state index contributed by atoms with van der Waals surface area (Å²) in [5.74, 6) is -1.37. The number of phenolic OH excluding ortho intramolecular Hbond substituents is 2. The first kappa shape index (κ1) is 37.0. The van der Waals surface area contributed by atoms with Crippen LogP contribution in [0.3, 0.4) is 0 Å². The van der Waals surface area contributed by atoms with Crippen LogP contribution < -0.4 is 21.6 Å². The predicted molar refractivity (Wildman–Crippen MR) is 207 cm³/mol. The average Bonchev–Trinajstić information content (AvgIpc) is 3.23. The third-order valence-corrected chi connectivity index (χ3v) is 12.1. The zero-order valence-electron chi connectivity index (χ0n) is 31.1. The minimum atomic E-state index is -1.31. The third kappa shape index (κ3) is 6.20. The fraction of sp³-hybridized carbons (Fsp3) is 0.349. The minimum Gasteiger partial charge on any atom is -0.508 e. The van der Waals surface area contributed by atoms with Gasteiger partial charge in [0.05, 0.1) is 12.2 Å². The highest BCUT2D eigenvalue weighted by molar-refractivity contribution is 5.92. The lowest BCUT2D eigenvalue weighted by Crippen LogP contribution is -2.57. The van der Waals surface area contributed by atoms with E-state index in [1.54, 1.807) is 37.5 Å². The van der Waals surface area contributed by atoms with Gasteiger partial charge in [-0.2, -0.15) is 0 Å². The van der Waals surface area contributed by atoms with E-state index in [1.165, 1.54) is 6.08 Å². The normalized spacial score (nSPS) is 22.9. The second-order valence-corrected chi connectivity index (χ2v) is 15.2. The van der Waals surface area contributed by atoms with Crippen molar-refractivity contribution >= 4 is 28.6 Å². The van der Waals surface area contributed by atoms with E-state index < -0.39 is 53.9 Å². The monoisotopic (exact) mass is 760 g/mol. The predicted octanol–water partition coefficient (Wildman–Crippen LogP) is 4.86. The van der Waals surface area contributed by atoms with E-state index in [1.807, 2.05) is 25.1 Å². The van der Waals surface area contributed by atoms with Gasteiger partial charge in [-0.05, 0) is 98.4 Å². The number of aromatic hydroxyl groups is 2. The third-order valence-electron chi connectivity index (χ3n) is 12.1. The van der Waals surface area contributed by atoms with Crippen molar-refractivity contribution in [3.05, 3.63) is 121 Å². The Morgan fingerprint density at radius 3 is 2.61 bits per heavy atom. The van der Waals surface area contributed by atoms with Crippen molar-refractivity contribution in [2.45, 2.75) is 82.5 Å². The van der Waals surface area contributed by atoms with Crippen LogP contribution in [0.2, 0.25) is 0 Å². The lowest BCUT2D eigenvalue weighted by Gasteiger charge is -2.49. The summed E-state index contributed by atoms with van der Waals surface area (Å²) in [6.07, 6.45) is 6.23. The van der Waals surface area contributed by atoms with Crippen molar-refractivity contribution in [1.29, 1.82) is 0 Å². The lowest BCUT2D eigenvalue weighted by molar-refractivity contribution is -0.165. The molecule has 8 N–H and O–H groups in total. The number of allylic oxidation sites excluding steroid dienone is 1. The first-order valence-corrected chi connectivity index (χ1v) is 18.8. The molecule has 0 radical (unpaired) electrons. The van der Waals surface area contributed by atoms with Gasteiger partial charge in [-0.3, -0.25) is 4.79 Å². The fourth-order valence-electron chi connectivity index (χ4n) is 9.14. The highest BCUT2D eigenvalue weighted by Crippen LogP contribution is 2.56. The molecule has 0 saturated carbocycles. The average molecular weight is 761 g/mol. The van der Waals surface area contributed by atoms with Crippen LogP contribution in [0.25, 0.3) is 11.0 Å². The molecule has 0 amide bonds. The van der Waals surface area contributed by atoms with Crippen LogP contribution in [-0.4, -0.2) is 54.7 Å². The number of phenols is 2. The Morgan fingerprint density at radius 2 is 1.88 bits per heavy atom. The molecule has 5 aromatic rings. The van der Waals surface area contributed by atoms with Crippen molar-refractivity contribution in [2.75, 3.05) is 18.1 Å². The molecule has 0 spiro atoms. The van der Waals surface area contributed by atoms with Gasteiger partial charge in [0.1, 0.15) is 63.9 Å². The van der Waals surface area contributed by atoms with E-state index in [0.29, 0.717) is 49.3 Å². The zero-order valence-corrected chi connectivity index (χ0v) is 31.1. The summed E-state index contributed by atoms with van der Waals surface area (Å²) in [5.41, 5.74) is 16.2. The summed E-state index contributed by atoms with van der Waals surface area (Å²) in [7, 11) is 0. The summed E-state index contributed by atoms with van der Waals surface area (Å²) in [6.45, 7) is 2.39. The topological polar surface area (TPSA) is 224 Å². The molecule has 290 valence electrons. The number of hydrogen-bond donors (Lipinski definition) is 6. The molecule has 13 nitrogen and oxygen atoms in total. The molecule has 0 saturated heterocycles. The Bertz CT molecular complexity index is 2460. The number of carbonyl (C=O) groups is 1. The Hall–Kier alpha value is -5.92. The molecule has 4 bridgehead atoms. The van der Waals surface area contributed by atoms with Gasteiger partial charge in [0, 0.05) is 53.4 Å². The second-order valence-electron chi connectivity index (χ2n) is 15.2. The molecule has 2 aliphatic heterocycles. The Morgan fingerprint density at radius 1 is 1.05 bits per heavy atom. The maximum Gasteiger partial charge on any atom is 0.336 e. The minimum absolute atomic E-state index is 0.00867. The van der Waals surface area contributed by atoms with Crippen molar-refractivity contribution in [3.63, 3.8) is 0 Å². The molecule has 3 aliphatic rings. The van der Waals surface area contributed by atoms with Gasteiger partial charge >= 0.3 is 5.97 Å². The number of anilines is 2. The quantitative estimate of drug-likeness (QED) is 0.101. The van der Waals surface area contributed by atoms with Crippen molar-refractivity contribution < 1.29 is 39.1 Å². The van der Waals surface area contributed by atoms with E-state index in [2.05, 4.69) is 9.97 Å². The number of aliphatic hydroxyl groups excluding tert-OH is 2. The number of esters is 1. The van der Waals surface area contributed by atoms with Crippen molar-refractivity contribution in [2.24, 2.45) is 5.92 Å². The van der Waals surface area contributed by atoms with Gasteiger partial charge in [-0.15, -0.1) is 0 Å². The zero-order chi connectivity index (χ0) is 39.5. The number of ether oxygens (including phenoxy) is 2. The van der Waals surface area contributed by atoms with Crippen LogP contribution in [-0.2, 0) is 41.8 Å². The van der Waals surface area contributed by atoms with Crippen LogP contribution in [0, 0.1) is 5.92 Å². The number of nitrogens with two attached hydrogens (primary N) is 2. The number of hydrogen-bond acceptors (Lipinski definition) is 13. The Balaban J connectivity index is 1.50. The van der Waals surface area contributed by atoms with Crippen molar-refractivity contribution in [1.82, 2.24) is 9.97 Å². The summed E-state index contributed by atoms with van der Waals surface area (Å²) < 4.78 is 20.0. The van der Waals surface area contributed by atoms with Gasteiger partial charge in [0.25, 0.3) is 0 Å². The molecule has 13 heteroatoms. The Labute approximate surface area is 322 Å². The number of aliphatic hydroxyl groups is 2. The summed E-state index contributed by atoms with van der Waals surface area (Å²) >= 11 is 0. The van der Waals surface area contributed by atoms with Gasteiger partial charge < -0.3 is 45.8 Å². The molecule has 8 rings (SSSR count). The van der Waals surface area contributed by atoms with Gasteiger partial charge in [-0.25, -0.2) is 14.8 Å². The van der Waals surface area contributed by atoms with Crippen LogP contribution in [0.5, 0.6) is 17.2 Å². The van der Waals surface area contributed by atoms with E-state index >= 15 is 0 Å². The van der Waals surface area contributed by atoms with Crippen LogP contribution >= 0.6 is 0 Å². The molecule has 1 aliphatic carbocycles. The molecular formula is C43H44N4O9. The van der Waals surface area contributed by atoms with Crippen molar-refractivity contribution in [3.8, 4) is 17.2 Å². The number of nitrogen functional groups attached to an aromatic ring is 2. The largest absolute Gasteiger partial charge is 0.508 e. The summed E-state index contributed by atoms with van der Waals surface area (Å²) in [5, 5.41) is 43.1. The highest BCUT2D eigenvalue weighted by Gasteiger charge is 2.53. The molecule has 0 unspecified atom stereocenters. The van der Waals surface area contributed by atoms with Gasteiger partial charge in [-0.1, -0.05) is 18.2 Å². The maximum atomic E-state index is 13.9. The van der Waals surface area contributed by atoms with Gasteiger partial charge in [0.15, 0.2) is 5.43 Å². The number of carbonyl (C=O) groups excluding carboxylic acids is 1. The number of rotatable bonds is 6.